The lowest BCUT2D eigenvalue weighted by molar-refractivity contribution is -0.139. The summed E-state index contributed by atoms with van der Waals surface area (Å²) in [5.41, 5.74) is 0.643. The van der Waals surface area contributed by atoms with Gasteiger partial charge in [0.25, 0.3) is 0 Å². The van der Waals surface area contributed by atoms with Crippen LogP contribution in [0.1, 0.15) is 25.0 Å². The van der Waals surface area contributed by atoms with E-state index in [1.807, 2.05) is 0 Å². The molecular formula is C13H17BN2O5. The second-order valence-corrected chi connectivity index (χ2v) is 5.00. The third-order valence-corrected chi connectivity index (χ3v) is 3.29. The van der Waals surface area contributed by atoms with Crippen molar-refractivity contribution in [1.82, 2.24) is 10.3 Å². The van der Waals surface area contributed by atoms with Crippen molar-refractivity contribution in [1.29, 1.82) is 0 Å². The molecule has 0 bridgehead atoms. The number of carboxylic acids is 1. The van der Waals surface area contributed by atoms with Crippen molar-refractivity contribution in [2.75, 3.05) is 0 Å². The third-order valence-electron chi connectivity index (χ3n) is 3.29. The molecule has 1 fully saturated rings. The molecule has 2 heterocycles. The van der Waals surface area contributed by atoms with E-state index in [0.29, 0.717) is 18.5 Å². The molecule has 0 saturated carbocycles. The summed E-state index contributed by atoms with van der Waals surface area (Å²) in [5.74, 6) is -1.74. The lowest BCUT2D eigenvalue weighted by Gasteiger charge is -2.30. The second kappa shape index (κ2) is 7.19. The first kappa shape index (κ1) is 15.5. The van der Waals surface area contributed by atoms with Crippen molar-refractivity contribution < 1.29 is 24.4 Å². The third kappa shape index (κ3) is 4.84. The minimum Gasteiger partial charge on any atom is -0.481 e. The van der Waals surface area contributed by atoms with Gasteiger partial charge in [0.2, 0.25) is 5.91 Å². The molecule has 0 spiro atoms. The predicted octanol–water partition coefficient (Wildman–Crippen LogP) is -0.218. The average molecular weight is 292 g/mol. The number of hydrogen-bond donors (Lipinski definition) is 3. The Kier molecular flexibility index (Phi) is 5.29. The molecule has 1 saturated heterocycles. The zero-order chi connectivity index (χ0) is 15.2. The number of nitrogens with one attached hydrogen (secondary N) is 1. The molecule has 0 radical (unpaired) electrons. The Labute approximate surface area is 122 Å². The summed E-state index contributed by atoms with van der Waals surface area (Å²) in [7, 11) is -1.18. The Morgan fingerprint density at radius 3 is 2.86 bits per heavy atom. The maximum atomic E-state index is 11.9. The van der Waals surface area contributed by atoms with Gasteiger partial charge in [-0.3, -0.25) is 14.6 Å². The molecule has 2 unspecified atom stereocenters. The minimum atomic E-state index is -1.18. The van der Waals surface area contributed by atoms with Crippen LogP contribution in [0.2, 0.25) is 0 Å². The van der Waals surface area contributed by atoms with E-state index in [2.05, 4.69) is 10.3 Å². The van der Waals surface area contributed by atoms with Crippen LogP contribution in [0.5, 0.6) is 0 Å². The van der Waals surface area contributed by atoms with Gasteiger partial charge in [-0.25, -0.2) is 0 Å². The predicted molar refractivity (Wildman–Crippen MR) is 74.2 cm³/mol. The van der Waals surface area contributed by atoms with Crippen molar-refractivity contribution in [3.63, 3.8) is 0 Å². The standard InChI is InChI=1S/C13H17BN2O5/c17-12(7-9-3-1-2-6-15-9)16-11-5-4-10(8-13(18)19)21-14(11)20/h1-3,6,10-11,20H,4-5,7-8H2,(H,16,17)(H,18,19). The summed E-state index contributed by atoms with van der Waals surface area (Å²) in [6, 6.07) is 5.31. The number of nitrogens with zero attached hydrogens (tertiary/aromatic N) is 1. The zero-order valence-corrected chi connectivity index (χ0v) is 11.4. The van der Waals surface area contributed by atoms with Gasteiger partial charge in [0.05, 0.1) is 24.9 Å². The van der Waals surface area contributed by atoms with Gasteiger partial charge in [0.15, 0.2) is 0 Å². The molecule has 8 heteroatoms. The molecule has 21 heavy (non-hydrogen) atoms. The van der Waals surface area contributed by atoms with Crippen LogP contribution in [0.25, 0.3) is 0 Å². The normalized spacial score (nSPS) is 21.9. The van der Waals surface area contributed by atoms with E-state index in [0.717, 1.165) is 0 Å². The second-order valence-electron chi connectivity index (χ2n) is 5.00. The number of carboxylic acid groups (broad SMARTS) is 1. The van der Waals surface area contributed by atoms with Crippen LogP contribution in [0, 0.1) is 0 Å². The number of carbonyl (C=O) groups is 2. The molecule has 112 valence electrons. The highest BCUT2D eigenvalue weighted by Gasteiger charge is 2.36. The Hall–Kier alpha value is -1.93. The van der Waals surface area contributed by atoms with E-state index in [-0.39, 0.29) is 18.7 Å². The lowest BCUT2D eigenvalue weighted by Crippen LogP contribution is -2.53. The molecule has 1 aliphatic rings. The van der Waals surface area contributed by atoms with Gasteiger partial charge in [-0.2, -0.15) is 0 Å². The van der Waals surface area contributed by atoms with Crippen LogP contribution in [0.4, 0.5) is 0 Å². The van der Waals surface area contributed by atoms with Gasteiger partial charge < -0.3 is 20.1 Å². The van der Waals surface area contributed by atoms with Crippen molar-refractivity contribution >= 4 is 19.0 Å². The van der Waals surface area contributed by atoms with Crippen LogP contribution in [-0.2, 0) is 20.7 Å². The van der Waals surface area contributed by atoms with Gasteiger partial charge in [-0.15, -0.1) is 0 Å². The van der Waals surface area contributed by atoms with Crippen LogP contribution < -0.4 is 5.32 Å². The van der Waals surface area contributed by atoms with Crippen LogP contribution in [0.3, 0.4) is 0 Å². The maximum absolute atomic E-state index is 11.9. The Morgan fingerprint density at radius 2 is 2.24 bits per heavy atom. The van der Waals surface area contributed by atoms with Crippen molar-refractivity contribution in [2.24, 2.45) is 0 Å². The number of carbonyl (C=O) groups excluding carboxylic acids is 1. The van der Waals surface area contributed by atoms with Crippen LogP contribution in [0.15, 0.2) is 24.4 Å². The Balaban J connectivity index is 1.81. The molecule has 3 N–H and O–H groups in total. The van der Waals surface area contributed by atoms with E-state index >= 15 is 0 Å². The van der Waals surface area contributed by atoms with Crippen LogP contribution in [-0.4, -0.2) is 46.2 Å². The first-order chi connectivity index (χ1) is 10.0. The molecule has 2 rings (SSSR count). The number of aromatic nitrogens is 1. The van der Waals surface area contributed by atoms with Gasteiger partial charge >= 0.3 is 13.1 Å². The van der Waals surface area contributed by atoms with E-state index in [1.54, 1.807) is 24.4 Å². The molecule has 2 atom stereocenters. The summed E-state index contributed by atoms with van der Waals surface area (Å²) in [5, 5.41) is 21.2. The summed E-state index contributed by atoms with van der Waals surface area (Å²) in [6.07, 6.45) is 2.04. The molecule has 1 amide bonds. The summed E-state index contributed by atoms with van der Waals surface area (Å²) < 4.78 is 5.21. The summed E-state index contributed by atoms with van der Waals surface area (Å²) >= 11 is 0. The van der Waals surface area contributed by atoms with Crippen molar-refractivity contribution in [3.8, 4) is 0 Å². The fourth-order valence-corrected chi connectivity index (χ4v) is 2.28. The first-order valence-electron chi connectivity index (χ1n) is 6.79. The monoisotopic (exact) mass is 292 g/mol. The van der Waals surface area contributed by atoms with Gasteiger partial charge in [-0.05, 0) is 25.0 Å². The van der Waals surface area contributed by atoms with Crippen LogP contribution >= 0.6 is 0 Å². The Bertz CT molecular complexity index is 499. The number of amides is 1. The average Bonchev–Trinajstić information content (AvgIpc) is 2.42. The SMILES string of the molecule is O=C(O)CC1CCC(NC(=O)Cc2ccccn2)B(O)O1. The van der Waals surface area contributed by atoms with Crippen molar-refractivity contribution in [3.05, 3.63) is 30.1 Å². The molecule has 0 aromatic carbocycles. The zero-order valence-electron chi connectivity index (χ0n) is 11.4. The number of pyridine rings is 1. The molecule has 1 aromatic rings. The molecule has 0 aliphatic carbocycles. The summed E-state index contributed by atoms with van der Waals surface area (Å²) in [4.78, 5) is 26.5. The highest BCUT2D eigenvalue weighted by atomic mass is 16.5. The van der Waals surface area contributed by atoms with E-state index in [9.17, 15) is 14.6 Å². The fourth-order valence-electron chi connectivity index (χ4n) is 2.28. The fraction of sp³-hybridized carbons (Fsp3) is 0.462. The lowest BCUT2D eigenvalue weighted by atomic mass is 9.72. The van der Waals surface area contributed by atoms with Gasteiger partial charge in [0, 0.05) is 11.9 Å². The molecular weight excluding hydrogens is 275 g/mol. The maximum Gasteiger partial charge on any atom is 0.478 e. The number of aliphatic carboxylic acids is 1. The largest absolute Gasteiger partial charge is 0.481 e. The quantitative estimate of drug-likeness (QED) is 0.647. The minimum absolute atomic E-state index is 0.128. The van der Waals surface area contributed by atoms with Crippen molar-refractivity contribution in [2.45, 2.75) is 37.7 Å². The number of hydrogen-bond acceptors (Lipinski definition) is 5. The number of rotatable bonds is 5. The van der Waals surface area contributed by atoms with E-state index in [1.165, 1.54) is 0 Å². The van der Waals surface area contributed by atoms with E-state index in [4.69, 9.17) is 9.76 Å². The van der Waals surface area contributed by atoms with Gasteiger partial charge in [-0.1, -0.05) is 6.07 Å². The topological polar surface area (TPSA) is 109 Å². The Morgan fingerprint density at radius 1 is 1.43 bits per heavy atom. The first-order valence-corrected chi connectivity index (χ1v) is 6.79. The highest BCUT2D eigenvalue weighted by Crippen LogP contribution is 2.18. The molecule has 1 aliphatic heterocycles. The summed E-state index contributed by atoms with van der Waals surface area (Å²) in [6.45, 7) is 0. The molecule has 1 aromatic heterocycles. The van der Waals surface area contributed by atoms with Gasteiger partial charge in [0.1, 0.15) is 0 Å². The van der Waals surface area contributed by atoms with E-state index < -0.39 is 25.1 Å². The highest BCUT2D eigenvalue weighted by molar-refractivity contribution is 6.45. The smallest absolute Gasteiger partial charge is 0.478 e. The molecule has 7 nitrogen and oxygen atoms in total.